The van der Waals surface area contributed by atoms with E-state index in [1.807, 2.05) is 0 Å². The maximum atomic E-state index is 12.3. The van der Waals surface area contributed by atoms with Gasteiger partial charge in [0.15, 0.2) is 0 Å². The predicted molar refractivity (Wildman–Crippen MR) is 58.4 cm³/mol. The Morgan fingerprint density at radius 3 is 2.67 bits per heavy atom. The molecule has 0 saturated carbocycles. The maximum Gasteiger partial charge on any atom is 0.401 e. The number of hydrogen-bond donors (Lipinski definition) is 1. The lowest BCUT2D eigenvalue weighted by Gasteiger charge is -2.29. The average molecular weight is 259 g/mol. The fraction of sp³-hybridized carbons (Fsp3) is 0.417. The molecule has 1 heterocycles. The number of carbonyl (C=O) groups is 1. The van der Waals surface area contributed by atoms with E-state index in [2.05, 4.69) is 0 Å². The van der Waals surface area contributed by atoms with Crippen molar-refractivity contribution in [3.05, 3.63) is 34.9 Å². The standard InChI is InChI=1S/C12H12F3NO2/c13-12(14,15)7-16-4-3-8-5-9(11(17)18)1-2-10(8)6-16/h1-2,5H,3-4,6-7H2,(H,17,18). The van der Waals surface area contributed by atoms with Gasteiger partial charge in [-0.1, -0.05) is 6.07 Å². The molecule has 0 atom stereocenters. The summed E-state index contributed by atoms with van der Waals surface area (Å²) in [7, 11) is 0. The minimum absolute atomic E-state index is 0.179. The van der Waals surface area contributed by atoms with Crippen LogP contribution in [0.2, 0.25) is 0 Å². The van der Waals surface area contributed by atoms with Crippen LogP contribution in [0.5, 0.6) is 0 Å². The predicted octanol–water partition coefficient (Wildman–Crippen LogP) is 2.31. The molecule has 18 heavy (non-hydrogen) atoms. The molecule has 0 unspecified atom stereocenters. The molecule has 0 aromatic heterocycles. The van der Waals surface area contributed by atoms with E-state index in [1.54, 1.807) is 12.1 Å². The van der Waals surface area contributed by atoms with Gasteiger partial charge >= 0.3 is 12.1 Å². The Hall–Kier alpha value is -1.56. The summed E-state index contributed by atoms with van der Waals surface area (Å²) in [6.07, 6.45) is -3.74. The van der Waals surface area contributed by atoms with Gasteiger partial charge in [0.25, 0.3) is 0 Å². The van der Waals surface area contributed by atoms with Gasteiger partial charge < -0.3 is 5.11 Å². The number of nitrogens with zero attached hydrogens (tertiary/aromatic N) is 1. The highest BCUT2D eigenvalue weighted by atomic mass is 19.4. The normalized spacial score (nSPS) is 16.4. The van der Waals surface area contributed by atoms with E-state index in [-0.39, 0.29) is 12.1 Å². The Labute approximate surface area is 102 Å². The summed E-state index contributed by atoms with van der Waals surface area (Å²) in [5.74, 6) is -1.02. The molecule has 0 bridgehead atoms. The van der Waals surface area contributed by atoms with E-state index in [9.17, 15) is 18.0 Å². The highest BCUT2D eigenvalue weighted by Gasteiger charge is 2.32. The summed E-state index contributed by atoms with van der Waals surface area (Å²) in [6, 6.07) is 4.57. The van der Waals surface area contributed by atoms with Crippen LogP contribution >= 0.6 is 0 Å². The third kappa shape index (κ3) is 3.01. The average Bonchev–Trinajstić information content (AvgIpc) is 2.26. The summed E-state index contributed by atoms with van der Waals surface area (Å²) in [5, 5.41) is 8.83. The molecule has 0 spiro atoms. The minimum atomic E-state index is -4.20. The first-order valence-corrected chi connectivity index (χ1v) is 5.49. The van der Waals surface area contributed by atoms with E-state index < -0.39 is 18.7 Å². The molecule has 1 aliphatic rings. The van der Waals surface area contributed by atoms with Crippen LogP contribution in [0.1, 0.15) is 21.5 Å². The number of alkyl halides is 3. The van der Waals surface area contributed by atoms with Gasteiger partial charge in [0.05, 0.1) is 12.1 Å². The molecule has 1 N–H and O–H groups in total. The van der Waals surface area contributed by atoms with Crippen molar-refractivity contribution in [1.82, 2.24) is 4.90 Å². The zero-order chi connectivity index (χ0) is 13.3. The summed E-state index contributed by atoms with van der Waals surface area (Å²) >= 11 is 0. The van der Waals surface area contributed by atoms with Gasteiger partial charge in [0.1, 0.15) is 0 Å². The van der Waals surface area contributed by atoms with Crippen molar-refractivity contribution in [3.63, 3.8) is 0 Å². The maximum absolute atomic E-state index is 12.3. The van der Waals surface area contributed by atoms with Crippen LogP contribution in [0.15, 0.2) is 18.2 Å². The van der Waals surface area contributed by atoms with Crippen molar-refractivity contribution in [3.8, 4) is 0 Å². The molecular formula is C12H12F3NO2. The van der Waals surface area contributed by atoms with Crippen LogP contribution in [0, 0.1) is 0 Å². The van der Waals surface area contributed by atoms with E-state index in [1.165, 1.54) is 11.0 Å². The van der Waals surface area contributed by atoms with Crippen molar-refractivity contribution in [2.75, 3.05) is 13.1 Å². The highest BCUT2D eigenvalue weighted by molar-refractivity contribution is 5.87. The van der Waals surface area contributed by atoms with Crippen molar-refractivity contribution < 1.29 is 23.1 Å². The first-order chi connectivity index (χ1) is 8.35. The smallest absolute Gasteiger partial charge is 0.401 e. The second kappa shape index (κ2) is 4.61. The number of fused-ring (bicyclic) bond motifs is 1. The Morgan fingerprint density at radius 1 is 1.33 bits per heavy atom. The van der Waals surface area contributed by atoms with E-state index >= 15 is 0 Å². The Kier molecular flexibility index (Phi) is 3.30. The summed E-state index contributed by atoms with van der Waals surface area (Å²) in [6.45, 7) is -0.405. The minimum Gasteiger partial charge on any atom is -0.478 e. The lowest BCUT2D eigenvalue weighted by Crippen LogP contribution is -2.38. The third-order valence-electron chi connectivity index (χ3n) is 2.95. The monoisotopic (exact) mass is 259 g/mol. The van der Waals surface area contributed by atoms with Crippen LogP contribution in [-0.4, -0.2) is 35.2 Å². The quantitative estimate of drug-likeness (QED) is 0.886. The molecule has 2 rings (SSSR count). The van der Waals surface area contributed by atoms with Gasteiger partial charge in [0.2, 0.25) is 0 Å². The van der Waals surface area contributed by atoms with Gasteiger partial charge in [-0.25, -0.2) is 4.79 Å². The second-order valence-corrected chi connectivity index (χ2v) is 4.36. The molecular weight excluding hydrogens is 247 g/mol. The Balaban J connectivity index is 2.13. The van der Waals surface area contributed by atoms with Gasteiger partial charge in [-0.05, 0) is 29.7 Å². The molecule has 1 aromatic rings. The first kappa shape index (κ1) is 12.9. The molecule has 98 valence electrons. The number of carboxylic acids is 1. The Bertz CT molecular complexity index is 471. The molecule has 0 fully saturated rings. The number of halogens is 3. The number of aromatic carboxylic acids is 1. The van der Waals surface area contributed by atoms with Crippen LogP contribution in [-0.2, 0) is 13.0 Å². The third-order valence-corrected chi connectivity index (χ3v) is 2.95. The molecule has 0 radical (unpaired) electrons. The first-order valence-electron chi connectivity index (χ1n) is 5.49. The van der Waals surface area contributed by atoms with Crippen LogP contribution in [0.3, 0.4) is 0 Å². The highest BCUT2D eigenvalue weighted by Crippen LogP contribution is 2.24. The van der Waals surface area contributed by atoms with E-state index in [0.717, 1.165) is 11.1 Å². The summed E-state index contributed by atoms with van der Waals surface area (Å²) < 4.78 is 36.8. The zero-order valence-corrected chi connectivity index (χ0v) is 9.50. The van der Waals surface area contributed by atoms with Crippen molar-refractivity contribution in [1.29, 1.82) is 0 Å². The number of carboxylic acid groups (broad SMARTS) is 1. The van der Waals surface area contributed by atoms with Crippen molar-refractivity contribution in [2.45, 2.75) is 19.1 Å². The summed E-state index contributed by atoms with van der Waals surface area (Å²) in [4.78, 5) is 12.1. The molecule has 0 amide bonds. The van der Waals surface area contributed by atoms with Crippen LogP contribution in [0.4, 0.5) is 13.2 Å². The summed E-state index contributed by atoms with van der Waals surface area (Å²) in [5.41, 5.74) is 1.78. The molecule has 1 aliphatic heterocycles. The molecule has 6 heteroatoms. The lowest BCUT2D eigenvalue weighted by atomic mass is 9.97. The SMILES string of the molecule is O=C(O)c1ccc2c(c1)CCN(CC(F)(F)F)C2. The van der Waals surface area contributed by atoms with Gasteiger partial charge in [-0.15, -0.1) is 0 Å². The molecule has 1 aromatic carbocycles. The largest absolute Gasteiger partial charge is 0.478 e. The Morgan fingerprint density at radius 2 is 2.06 bits per heavy atom. The van der Waals surface area contributed by atoms with E-state index in [4.69, 9.17) is 5.11 Å². The van der Waals surface area contributed by atoms with Gasteiger partial charge in [-0.3, -0.25) is 4.90 Å². The fourth-order valence-electron chi connectivity index (χ4n) is 2.13. The number of rotatable bonds is 2. The lowest BCUT2D eigenvalue weighted by molar-refractivity contribution is -0.147. The van der Waals surface area contributed by atoms with E-state index in [0.29, 0.717) is 13.0 Å². The molecule has 3 nitrogen and oxygen atoms in total. The van der Waals surface area contributed by atoms with Crippen LogP contribution < -0.4 is 0 Å². The van der Waals surface area contributed by atoms with Gasteiger partial charge in [-0.2, -0.15) is 13.2 Å². The molecule has 0 saturated heterocycles. The zero-order valence-electron chi connectivity index (χ0n) is 9.50. The number of benzene rings is 1. The fourth-order valence-corrected chi connectivity index (χ4v) is 2.13. The molecule has 0 aliphatic carbocycles. The van der Waals surface area contributed by atoms with Crippen LogP contribution in [0.25, 0.3) is 0 Å². The van der Waals surface area contributed by atoms with Crippen molar-refractivity contribution in [2.24, 2.45) is 0 Å². The number of hydrogen-bond acceptors (Lipinski definition) is 2. The second-order valence-electron chi connectivity index (χ2n) is 4.36. The topological polar surface area (TPSA) is 40.5 Å². The van der Waals surface area contributed by atoms with Gasteiger partial charge in [0, 0.05) is 13.1 Å². The van der Waals surface area contributed by atoms with Crippen molar-refractivity contribution >= 4 is 5.97 Å².